The van der Waals surface area contributed by atoms with E-state index in [-0.39, 0.29) is 49.5 Å². The van der Waals surface area contributed by atoms with Gasteiger partial charge < -0.3 is 19.3 Å². The van der Waals surface area contributed by atoms with Gasteiger partial charge in [0.25, 0.3) is 5.91 Å². The van der Waals surface area contributed by atoms with Crippen LogP contribution in [0.1, 0.15) is 22.5 Å². The van der Waals surface area contributed by atoms with Crippen LogP contribution >= 0.6 is 0 Å². The average Bonchev–Trinajstić information content (AvgIpc) is 2.89. The second-order valence-electron chi connectivity index (χ2n) is 8.51. The third kappa shape index (κ3) is 6.39. The smallest absolute Gasteiger partial charge is 0.272 e. The van der Waals surface area contributed by atoms with Crippen LogP contribution in [-0.2, 0) is 16.1 Å². The molecule has 1 aliphatic rings. The summed E-state index contributed by atoms with van der Waals surface area (Å²) in [4.78, 5) is 37.5. The lowest BCUT2D eigenvalue weighted by molar-refractivity contribution is -0.152. The van der Waals surface area contributed by atoms with Crippen molar-refractivity contribution in [2.45, 2.75) is 18.6 Å². The zero-order valence-electron chi connectivity index (χ0n) is 19.5. The number of rotatable bonds is 8. The van der Waals surface area contributed by atoms with Crippen LogP contribution in [-0.4, -0.2) is 70.5 Å². The molecule has 3 aromatic rings. The van der Waals surface area contributed by atoms with Crippen LogP contribution in [0.2, 0.25) is 0 Å². The van der Waals surface area contributed by atoms with Gasteiger partial charge in [0.1, 0.15) is 35.8 Å². The van der Waals surface area contributed by atoms with E-state index < -0.39 is 5.60 Å². The Morgan fingerprint density at radius 3 is 2.63 bits per heavy atom. The van der Waals surface area contributed by atoms with Crippen LogP contribution in [0.15, 0.2) is 73.2 Å². The summed E-state index contributed by atoms with van der Waals surface area (Å²) in [5, 5.41) is 0. The number of nitrogens with zero attached hydrogens (tertiary/aromatic N) is 4. The van der Waals surface area contributed by atoms with Crippen molar-refractivity contribution in [1.29, 1.82) is 0 Å². The summed E-state index contributed by atoms with van der Waals surface area (Å²) in [6.07, 6.45) is 2.83. The van der Waals surface area contributed by atoms with Crippen LogP contribution in [0.4, 0.5) is 4.39 Å². The molecular formula is C26H27FN4O4. The molecule has 1 atom stereocenters. The van der Waals surface area contributed by atoms with Crippen LogP contribution in [0, 0.1) is 5.82 Å². The number of hydrogen-bond donors (Lipinski definition) is 0. The SMILES string of the molecule is CN(Cc1ccccc1)C(=O)C[C@@]1(COc2ccc(F)cc2)CN(C(=O)c2ccncn2)CCO1. The van der Waals surface area contributed by atoms with E-state index in [0.717, 1.165) is 5.56 Å². The van der Waals surface area contributed by atoms with E-state index in [1.54, 1.807) is 22.9 Å². The highest BCUT2D eigenvalue weighted by Gasteiger charge is 2.42. The first-order valence-corrected chi connectivity index (χ1v) is 11.3. The summed E-state index contributed by atoms with van der Waals surface area (Å²) < 4.78 is 25.3. The molecule has 2 amide bonds. The first-order chi connectivity index (χ1) is 16.9. The van der Waals surface area contributed by atoms with Crippen LogP contribution in [0.5, 0.6) is 5.75 Å². The van der Waals surface area contributed by atoms with Crippen molar-refractivity contribution in [3.05, 3.63) is 90.3 Å². The topological polar surface area (TPSA) is 84.9 Å². The molecule has 0 aliphatic carbocycles. The van der Waals surface area contributed by atoms with E-state index in [0.29, 0.717) is 18.8 Å². The number of benzene rings is 2. The number of ether oxygens (including phenoxy) is 2. The highest BCUT2D eigenvalue weighted by molar-refractivity contribution is 5.92. The average molecular weight is 479 g/mol. The third-order valence-electron chi connectivity index (χ3n) is 5.81. The molecular weight excluding hydrogens is 451 g/mol. The van der Waals surface area contributed by atoms with Crippen molar-refractivity contribution >= 4 is 11.8 Å². The van der Waals surface area contributed by atoms with Crippen molar-refractivity contribution in [3.8, 4) is 5.75 Å². The maximum absolute atomic E-state index is 13.3. The van der Waals surface area contributed by atoms with E-state index in [1.165, 1.54) is 36.8 Å². The predicted octanol–water partition coefficient (Wildman–Crippen LogP) is 2.95. The molecule has 35 heavy (non-hydrogen) atoms. The van der Waals surface area contributed by atoms with Gasteiger partial charge in [-0.3, -0.25) is 9.59 Å². The van der Waals surface area contributed by atoms with Gasteiger partial charge in [0, 0.05) is 26.3 Å². The van der Waals surface area contributed by atoms with E-state index >= 15 is 0 Å². The molecule has 0 bridgehead atoms. The molecule has 182 valence electrons. The molecule has 8 nitrogen and oxygen atoms in total. The molecule has 9 heteroatoms. The molecule has 1 saturated heterocycles. The number of halogens is 1. The van der Waals surface area contributed by atoms with Gasteiger partial charge in [-0.2, -0.15) is 0 Å². The first-order valence-electron chi connectivity index (χ1n) is 11.3. The number of morpholine rings is 1. The first kappa shape index (κ1) is 24.3. The van der Waals surface area contributed by atoms with Crippen LogP contribution in [0.3, 0.4) is 0 Å². The summed E-state index contributed by atoms with van der Waals surface area (Å²) >= 11 is 0. The molecule has 1 fully saturated rings. The van der Waals surface area contributed by atoms with Gasteiger partial charge >= 0.3 is 0 Å². The largest absolute Gasteiger partial charge is 0.490 e. The molecule has 1 aliphatic heterocycles. The third-order valence-corrected chi connectivity index (χ3v) is 5.81. The van der Waals surface area contributed by atoms with Gasteiger partial charge in [0.15, 0.2) is 0 Å². The molecule has 0 unspecified atom stereocenters. The Morgan fingerprint density at radius 1 is 1.14 bits per heavy atom. The van der Waals surface area contributed by atoms with E-state index in [4.69, 9.17) is 9.47 Å². The van der Waals surface area contributed by atoms with Gasteiger partial charge in [-0.15, -0.1) is 0 Å². The van der Waals surface area contributed by atoms with Crippen LogP contribution in [0.25, 0.3) is 0 Å². The highest BCUT2D eigenvalue weighted by atomic mass is 19.1. The Kier molecular flexibility index (Phi) is 7.67. The maximum Gasteiger partial charge on any atom is 0.272 e. The summed E-state index contributed by atoms with van der Waals surface area (Å²) in [5.74, 6) is -0.348. The Labute approximate surface area is 203 Å². The van der Waals surface area contributed by atoms with Crippen LogP contribution < -0.4 is 4.74 Å². The molecule has 2 aromatic carbocycles. The van der Waals surface area contributed by atoms with Gasteiger partial charge in [-0.25, -0.2) is 14.4 Å². The minimum atomic E-state index is -1.09. The summed E-state index contributed by atoms with van der Waals surface area (Å²) in [6.45, 7) is 1.19. The summed E-state index contributed by atoms with van der Waals surface area (Å²) in [5.41, 5.74) is 0.185. The molecule has 0 saturated carbocycles. The molecule has 2 heterocycles. The Morgan fingerprint density at radius 2 is 1.91 bits per heavy atom. The van der Waals surface area contributed by atoms with E-state index in [1.807, 2.05) is 30.3 Å². The molecule has 0 radical (unpaired) electrons. The van der Waals surface area contributed by atoms with Crippen molar-refractivity contribution in [1.82, 2.24) is 19.8 Å². The number of aromatic nitrogens is 2. The van der Waals surface area contributed by atoms with E-state index in [2.05, 4.69) is 9.97 Å². The lowest BCUT2D eigenvalue weighted by Gasteiger charge is -2.42. The standard InChI is InChI=1S/C26H27FN4O4/c1-30(16-20-5-3-2-4-6-20)24(32)15-26(18-34-22-9-7-21(27)8-10-22)17-31(13-14-35-26)25(33)23-11-12-28-19-29-23/h2-12,19H,13-18H2,1H3/t26-/m0/s1. The fourth-order valence-electron chi connectivity index (χ4n) is 3.94. The zero-order chi connectivity index (χ0) is 24.7. The normalized spacial score (nSPS) is 17.6. The highest BCUT2D eigenvalue weighted by Crippen LogP contribution is 2.26. The molecule has 1 aromatic heterocycles. The van der Waals surface area contributed by atoms with Gasteiger partial charge in [-0.1, -0.05) is 30.3 Å². The number of carbonyl (C=O) groups is 2. The van der Waals surface area contributed by atoms with Gasteiger partial charge in [0.2, 0.25) is 5.91 Å². The fraction of sp³-hybridized carbons (Fsp3) is 0.308. The van der Waals surface area contributed by atoms with Crippen molar-refractivity contribution in [2.75, 3.05) is 33.4 Å². The minimum absolute atomic E-state index is 0.00504. The van der Waals surface area contributed by atoms with Gasteiger partial charge in [-0.05, 0) is 35.9 Å². The Bertz CT molecular complexity index is 1130. The van der Waals surface area contributed by atoms with Gasteiger partial charge in [0.05, 0.1) is 19.6 Å². The predicted molar refractivity (Wildman–Crippen MR) is 126 cm³/mol. The minimum Gasteiger partial charge on any atom is -0.490 e. The molecule has 4 rings (SSSR count). The quantitative estimate of drug-likeness (QED) is 0.495. The van der Waals surface area contributed by atoms with E-state index in [9.17, 15) is 14.0 Å². The molecule has 0 spiro atoms. The fourth-order valence-corrected chi connectivity index (χ4v) is 3.94. The maximum atomic E-state index is 13.3. The second kappa shape index (κ2) is 11.1. The number of hydrogen-bond acceptors (Lipinski definition) is 6. The summed E-state index contributed by atoms with van der Waals surface area (Å²) in [6, 6.07) is 16.9. The lowest BCUT2D eigenvalue weighted by atomic mass is 9.96. The second-order valence-corrected chi connectivity index (χ2v) is 8.51. The Hall–Kier alpha value is -3.85. The summed E-state index contributed by atoms with van der Waals surface area (Å²) in [7, 11) is 1.73. The number of carbonyl (C=O) groups excluding carboxylic acids is 2. The monoisotopic (exact) mass is 478 g/mol. The number of amides is 2. The van der Waals surface area contributed by atoms with Crippen molar-refractivity contribution in [3.63, 3.8) is 0 Å². The van der Waals surface area contributed by atoms with Crippen molar-refractivity contribution < 1.29 is 23.5 Å². The lowest BCUT2D eigenvalue weighted by Crippen LogP contribution is -2.58. The molecule has 0 N–H and O–H groups in total. The Balaban J connectivity index is 1.51. The zero-order valence-corrected chi connectivity index (χ0v) is 19.5. The van der Waals surface area contributed by atoms with Crippen molar-refractivity contribution in [2.24, 2.45) is 0 Å².